The smallest absolute Gasteiger partial charge is 0.308 e. The minimum Gasteiger partial charge on any atom is -0.469 e. The number of fused-ring (bicyclic) bond motifs is 1. The molecule has 2 aromatic rings. The predicted octanol–water partition coefficient (Wildman–Crippen LogP) is 3.43. The summed E-state index contributed by atoms with van der Waals surface area (Å²) in [5.74, 6) is 0.680. The number of carbonyl (C=O) groups excluding carboxylic acids is 1. The van der Waals surface area contributed by atoms with Crippen LogP contribution in [0.4, 0.5) is 5.82 Å². The van der Waals surface area contributed by atoms with Crippen molar-refractivity contribution in [2.24, 2.45) is 5.92 Å². The first-order valence-corrected chi connectivity index (χ1v) is 7.81. The number of nitrogens with one attached hydrogen (secondary N) is 1. The first-order chi connectivity index (χ1) is 10.7. The van der Waals surface area contributed by atoms with E-state index in [0.29, 0.717) is 5.15 Å². The zero-order valence-electron chi connectivity index (χ0n) is 12.4. The Morgan fingerprint density at radius 2 is 2.14 bits per heavy atom. The van der Waals surface area contributed by atoms with Gasteiger partial charge in [0, 0.05) is 23.7 Å². The van der Waals surface area contributed by atoms with Gasteiger partial charge in [0.05, 0.1) is 18.5 Å². The largest absolute Gasteiger partial charge is 0.469 e. The van der Waals surface area contributed by atoms with Crippen LogP contribution in [-0.2, 0) is 9.53 Å². The molecule has 22 heavy (non-hydrogen) atoms. The van der Waals surface area contributed by atoms with Crippen molar-refractivity contribution in [2.45, 2.75) is 31.7 Å². The molecule has 0 aliphatic heterocycles. The van der Waals surface area contributed by atoms with Crippen LogP contribution in [0.15, 0.2) is 24.4 Å². The molecule has 1 aliphatic rings. The van der Waals surface area contributed by atoms with Crippen molar-refractivity contribution >= 4 is 34.3 Å². The highest BCUT2D eigenvalue weighted by molar-refractivity contribution is 6.30. The van der Waals surface area contributed by atoms with Gasteiger partial charge in [-0.2, -0.15) is 0 Å². The maximum Gasteiger partial charge on any atom is 0.308 e. The number of anilines is 1. The summed E-state index contributed by atoms with van der Waals surface area (Å²) in [5, 5.41) is 4.84. The lowest BCUT2D eigenvalue weighted by atomic mass is 9.86. The molecular formula is C16H18ClN3O2. The van der Waals surface area contributed by atoms with Gasteiger partial charge in [-0.05, 0) is 37.8 Å². The van der Waals surface area contributed by atoms with Gasteiger partial charge in [0.15, 0.2) is 0 Å². The summed E-state index contributed by atoms with van der Waals surface area (Å²) in [4.78, 5) is 20.3. The van der Waals surface area contributed by atoms with E-state index in [-0.39, 0.29) is 17.9 Å². The SMILES string of the molecule is COC(=O)[C@H]1CC[C@H](Nc2nc(Cl)cc3ncccc23)CC1. The minimum atomic E-state index is -0.103. The third-order valence-corrected chi connectivity index (χ3v) is 4.36. The Bertz CT molecular complexity index is 684. The van der Waals surface area contributed by atoms with Gasteiger partial charge in [0.2, 0.25) is 0 Å². The molecule has 1 aliphatic carbocycles. The molecule has 0 aromatic carbocycles. The van der Waals surface area contributed by atoms with E-state index in [1.807, 2.05) is 12.1 Å². The molecule has 5 nitrogen and oxygen atoms in total. The first kappa shape index (κ1) is 15.0. The molecule has 0 unspecified atom stereocenters. The van der Waals surface area contributed by atoms with Gasteiger partial charge in [-0.3, -0.25) is 9.78 Å². The lowest BCUT2D eigenvalue weighted by Gasteiger charge is -2.28. The highest BCUT2D eigenvalue weighted by Crippen LogP contribution is 2.29. The van der Waals surface area contributed by atoms with Crippen LogP contribution >= 0.6 is 11.6 Å². The van der Waals surface area contributed by atoms with Crippen LogP contribution in [0.2, 0.25) is 5.15 Å². The van der Waals surface area contributed by atoms with Crippen LogP contribution in [0.3, 0.4) is 0 Å². The average Bonchev–Trinajstić information content (AvgIpc) is 2.54. The van der Waals surface area contributed by atoms with Crippen molar-refractivity contribution in [3.05, 3.63) is 29.5 Å². The molecule has 0 spiro atoms. The van der Waals surface area contributed by atoms with Crippen molar-refractivity contribution in [3.8, 4) is 0 Å². The van der Waals surface area contributed by atoms with E-state index in [2.05, 4.69) is 15.3 Å². The number of methoxy groups -OCH3 is 1. The molecule has 0 atom stereocenters. The summed E-state index contributed by atoms with van der Waals surface area (Å²) < 4.78 is 4.82. The zero-order chi connectivity index (χ0) is 15.5. The second kappa shape index (κ2) is 6.48. The number of aromatic nitrogens is 2. The first-order valence-electron chi connectivity index (χ1n) is 7.43. The van der Waals surface area contributed by atoms with E-state index < -0.39 is 0 Å². The number of hydrogen-bond acceptors (Lipinski definition) is 5. The molecule has 0 bridgehead atoms. The van der Waals surface area contributed by atoms with Crippen molar-refractivity contribution in [2.75, 3.05) is 12.4 Å². The van der Waals surface area contributed by atoms with Crippen molar-refractivity contribution < 1.29 is 9.53 Å². The van der Waals surface area contributed by atoms with Gasteiger partial charge < -0.3 is 10.1 Å². The fraction of sp³-hybridized carbons (Fsp3) is 0.438. The number of hydrogen-bond donors (Lipinski definition) is 1. The van der Waals surface area contributed by atoms with E-state index >= 15 is 0 Å². The van der Waals surface area contributed by atoms with Gasteiger partial charge in [-0.15, -0.1) is 0 Å². The van der Waals surface area contributed by atoms with Crippen LogP contribution < -0.4 is 5.32 Å². The number of pyridine rings is 2. The normalized spacial score (nSPS) is 21.5. The Hall–Kier alpha value is -1.88. The van der Waals surface area contributed by atoms with Crippen LogP contribution in [0.25, 0.3) is 10.9 Å². The average molecular weight is 320 g/mol. The molecule has 0 amide bonds. The molecule has 0 radical (unpaired) electrons. The topological polar surface area (TPSA) is 64.1 Å². The van der Waals surface area contributed by atoms with Crippen LogP contribution in [-0.4, -0.2) is 29.1 Å². The number of rotatable bonds is 3. The van der Waals surface area contributed by atoms with Crippen molar-refractivity contribution in [3.63, 3.8) is 0 Å². The molecule has 1 fully saturated rings. The van der Waals surface area contributed by atoms with E-state index in [9.17, 15) is 4.79 Å². The second-order valence-corrected chi connectivity index (χ2v) is 5.97. The van der Waals surface area contributed by atoms with Gasteiger partial charge in [-0.1, -0.05) is 11.6 Å². The maximum absolute atomic E-state index is 11.6. The number of carbonyl (C=O) groups is 1. The molecule has 2 aromatic heterocycles. The number of halogens is 1. The maximum atomic E-state index is 11.6. The van der Waals surface area contributed by atoms with Gasteiger partial charge in [-0.25, -0.2) is 4.98 Å². The third-order valence-electron chi connectivity index (χ3n) is 4.17. The monoisotopic (exact) mass is 319 g/mol. The Labute approximate surface area is 134 Å². The van der Waals surface area contributed by atoms with Gasteiger partial charge >= 0.3 is 5.97 Å². The molecule has 2 heterocycles. The number of esters is 1. The van der Waals surface area contributed by atoms with Gasteiger partial charge in [0.25, 0.3) is 0 Å². The molecule has 1 N–H and O–H groups in total. The summed E-state index contributed by atoms with van der Waals surface area (Å²) in [6, 6.07) is 5.91. The number of nitrogens with zero attached hydrogens (tertiary/aromatic N) is 2. The molecule has 1 saturated carbocycles. The Kier molecular flexibility index (Phi) is 4.43. The van der Waals surface area contributed by atoms with Crippen LogP contribution in [0.5, 0.6) is 0 Å². The molecular weight excluding hydrogens is 302 g/mol. The Morgan fingerprint density at radius 1 is 1.36 bits per heavy atom. The zero-order valence-corrected chi connectivity index (χ0v) is 13.1. The molecule has 0 saturated heterocycles. The summed E-state index contributed by atoms with van der Waals surface area (Å²) in [7, 11) is 1.45. The van der Waals surface area contributed by atoms with Crippen molar-refractivity contribution in [1.29, 1.82) is 0 Å². The highest BCUT2D eigenvalue weighted by Gasteiger charge is 2.27. The van der Waals surface area contributed by atoms with Crippen LogP contribution in [0.1, 0.15) is 25.7 Å². The Balaban J connectivity index is 1.73. The fourth-order valence-corrected chi connectivity index (χ4v) is 3.18. The highest BCUT2D eigenvalue weighted by atomic mass is 35.5. The lowest BCUT2D eigenvalue weighted by molar-refractivity contribution is -0.146. The Morgan fingerprint density at radius 3 is 2.86 bits per heavy atom. The van der Waals surface area contributed by atoms with E-state index in [1.54, 1.807) is 12.3 Å². The van der Waals surface area contributed by atoms with Gasteiger partial charge in [0.1, 0.15) is 11.0 Å². The molecule has 6 heteroatoms. The fourth-order valence-electron chi connectivity index (χ4n) is 2.99. The summed E-state index contributed by atoms with van der Waals surface area (Å²) in [6.07, 6.45) is 5.23. The van der Waals surface area contributed by atoms with E-state index in [0.717, 1.165) is 42.4 Å². The lowest BCUT2D eigenvalue weighted by Crippen LogP contribution is -2.30. The third kappa shape index (κ3) is 3.14. The second-order valence-electron chi connectivity index (χ2n) is 5.58. The van der Waals surface area contributed by atoms with E-state index in [1.165, 1.54) is 7.11 Å². The summed E-state index contributed by atoms with van der Waals surface area (Å²) >= 11 is 6.07. The minimum absolute atomic E-state index is 0.0220. The summed E-state index contributed by atoms with van der Waals surface area (Å²) in [6.45, 7) is 0. The molecule has 3 rings (SSSR count). The van der Waals surface area contributed by atoms with Crippen LogP contribution in [0, 0.1) is 5.92 Å². The molecule has 116 valence electrons. The van der Waals surface area contributed by atoms with E-state index in [4.69, 9.17) is 16.3 Å². The predicted molar refractivity (Wildman–Crippen MR) is 85.9 cm³/mol. The van der Waals surface area contributed by atoms with Crippen molar-refractivity contribution in [1.82, 2.24) is 9.97 Å². The quantitative estimate of drug-likeness (QED) is 0.693. The number of ether oxygens (including phenoxy) is 1. The standard InChI is InChI=1S/C16H18ClN3O2/c1-22-16(21)10-4-6-11(7-5-10)19-15-12-3-2-8-18-13(12)9-14(17)20-15/h2-3,8-11H,4-7H2,1H3,(H,19,20)/t10-,11-. The summed E-state index contributed by atoms with van der Waals surface area (Å²) in [5.41, 5.74) is 0.827.